The molecular weight excluding hydrogens is 385 g/mol. The summed E-state index contributed by atoms with van der Waals surface area (Å²) >= 11 is 0. The largest absolute Gasteiger partial charge is 0.489 e. The first-order chi connectivity index (χ1) is 14.6. The predicted molar refractivity (Wildman–Crippen MR) is 110 cm³/mol. The number of carbonyl (C=O) groups is 1. The van der Waals surface area contributed by atoms with Crippen molar-refractivity contribution in [3.8, 4) is 5.75 Å². The molecule has 3 atom stereocenters. The van der Waals surface area contributed by atoms with Gasteiger partial charge >= 0.3 is 0 Å². The van der Waals surface area contributed by atoms with Gasteiger partial charge in [-0.05, 0) is 47.5 Å². The van der Waals surface area contributed by atoms with Gasteiger partial charge in [-0.3, -0.25) is 4.79 Å². The smallest absolute Gasteiger partial charge is 0.235 e. The van der Waals surface area contributed by atoms with Crippen molar-refractivity contribution in [2.75, 3.05) is 11.5 Å². The number of aliphatic hydroxyl groups is 2. The van der Waals surface area contributed by atoms with Crippen molar-refractivity contribution in [1.29, 1.82) is 0 Å². The van der Waals surface area contributed by atoms with E-state index in [9.17, 15) is 19.4 Å². The van der Waals surface area contributed by atoms with Gasteiger partial charge in [-0.1, -0.05) is 42.5 Å². The van der Waals surface area contributed by atoms with Crippen molar-refractivity contribution < 1.29 is 24.1 Å². The third kappa shape index (κ3) is 3.92. The summed E-state index contributed by atoms with van der Waals surface area (Å²) in [6.07, 6.45) is -1.17. The lowest BCUT2D eigenvalue weighted by Crippen LogP contribution is -2.60. The fourth-order valence-corrected chi connectivity index (χ4v) is 3.75. The fourth-order valence-electron chi connectivity index (χ4n) is 3.75. The molecule has 1 fully saturated rings. The molecule has 3 aromatic rings. The van der Waals surface area contributed by atoms with E-state index in [4.69, 9.17) is 4.74 Å². The minimum atomic E-state index is -1.17. The molecule has 3 aromatic carbocycles. The molecule has 5 nitrogen and oxygen atoms in total. The second-order valence-electron chi connectivity index (χ2n) is 7.25. The summed E-state index contributed by atoms with van der Waals surface area (Å²) in [5.74, 6) is -0.787. The number of halogens is 1. The highest BCUT2D eigenvalue weighted by molar-refractivity contribution is 6.03. The monoisotopic (exact) mass is 407 g/mol. The van der Waals surface area contributed by atoms with Crippen molar-refractivity contribution in [3.63, 3.8) is 0 Å². The van der Waals surface area contributed by atoms with E-state index in [1.54, 1.807) is 0 Å². The Labute approximate surface area is 174 Å². The Morgan fingerprint density at radius 3 is 2.27 bits per heavy atom. The van der Waals surface area contributed by atoms with Crippen LogP contribution in [0.2, 0.25) is 0 Å². The Kier molecular flexibility index (Phi) is 5.79. The zero-order valence-electron chi connectivity index (χ0n) is 16.2. The predicted octanol–water partition coefficient (Wildman–Crippen LogP) is 3.46. The van der Waals surface area contributed by atoms with Gasteiger partial charge in [0.25, 0.3) is 0 Å². The summed E-state index contributed by atoms with van der Waals surface area (Å²) in [6, 6.07) is 22.3. The van der Waals surface area contributed by atoms with Crippen LogP contribution in [0.1, 0.15) is 17.2 Å². The molecule has 1 heterocycles. The maximum absolute atomic E-state index is 13.3. The van der Waals surface area contributed by atoms with Crippen LogP contribution in [0.4, 0.5) is 10.1 Å². The normalized spacial score (nSPS) is 19.3. The maximum atomic E-state index is 13.3. The second-order valence-corrected chi connectivity index (χ2v) is 7.25. The van der Waals surface area contributed by atoms with Gasteiger partial charge in [0.2, 0.25) is 5.91 Å². The van der Waals surface area contributed by atoms with Crippen LogP contribution in [-0.2, 0) is 11.4 Å². The number of β-lactam (4-membered cyclic amide) rings is 1. The number of rotatable bonds is 7. The number of aliphatic hydroxyl groups excluding tert-OH is 2. The molecule has 2 N–H and O–H groups in total. The topological polar surface area (TPSA) is 70.0 Å². The summed E-state index contributed by atoms with van der Waals surface area (Å²) in [6.45, 7) is -0.0713. The average Bonchev–Trinajstić information content (AvgIpc) is 2.78. The molecule has 0 bridgehead atoms. The Morgan fingerprint density at radius 1 is 0.967 bits per heavy atom. The van der Waals surface area contributed by atoms with Gasteiger partial charge in [-0.2, -0.15) is 0 Å². The Bertz CT molecular complexity index is 992. The van der Waals surface area contributed by atoms with Crippen molar-refractivity contribution in [2.24, 2.45) is 5.92 Å². The Balaban J connectivity index is 1.55. The highest BCUT2D eigenvalue weighted by Gasteiger charge is 2.52. The lowest BCUT2D eigenvalue weighted by Gasteiger charge is -2.49. The number of carbonyl (C=O) groups excluding carboxylic acids is 1. The maximum Gasteiger partial charge on any atom is 0.235 e. The standard InChI is InChI=1S/C24H22FNO4/c25-18-8-10-19(11-9-18)26-23(22(24(26)29)21(28)14-27)17-6-12-20(13-7-17)30-15-16-4-2-1-3-5-16/h1-13,21-23,27-28H,14-15H2/t21-,22-,23+/m0/s1. The van der Waals surface area contributed by atoms with Crippen molar-refractivity contribution in [3.05, 3.63) is 95.8 Å². The summed E-state index contributed by atoms with van der Waals surface area (Å²) in [4.78, 5) is 14.2. The summed E-state index contributed by atoms with van der Waals surface area (Å²) in [5.41, 5.74) is 2.39. The van der Waals surface area contributed by atoms with Crippen LogP contribution in [0.15, 0.2) is 78.9 Å². The molecule has 154 valence electrons. The molecule has 4 rings (SSSR count). The number of ether oxygens (including phenoxy) is 1. The van der Waals surface area contributed by atoms with Crippen molar-refractivity contribution >= 4 is 11.6 Å². The van der Waals surface area contributed by atoms with Crippen LogP contribution in [0.3, 0.4) is 0 Å². The molecule has 0 aliphatic carbocycles. The molecule has 0 radical (unpaired) electrons. The highest BCUT2D eigenvalue weighted by atomic mass is 19.1. The fraction of sp³-hybridized carbons (Fsp3) is 0.208. The Hall–Kier alpha value is -3.22. The molecule has 0 saturated carbocycles. The summed E-state index contributed by atoms with van der Waals surface area (Å²) in [7, 11) is 0. The molecule has 0 unspecified atom stereocenters. The van der Waals surface area contributed by atoms with Crippen LogP contribution in [-0.4, -0.2) is 28.8 Å². The number of amides is 1. The van der Waals surface area contributed by atoms with Gasteiger partial charge in [-0.25, -0.2) is 4.39 Å². The lowest BCUT2D eigenvalue weighted by atomic mass is 9.78. The number of hydrogen-bond donors (Lipinski definition) is 2. The van der Waals surface area contributed by atoms with E-state index in [-0.39, 0.29) is 5.91 Å². The molecular formula is C24H22FNO4. The second kappa shape index (κ2) is 8.65. The van der Waals surface area contributed by atoms with E-state index >= 15 is 0 Å². The number of nitrogens with zero attached hydrogens (tertiary/aromatic N) is 1. The minimum absolute atomic E-state index is 0.308. The third-order valence-electron chi connectivity index (χ3n) is 5.32. The molecule has 6 heteroatoms. The molecule has 30 heavy (non-hydrogen) atoms. The quantitative estimate of drug-likeness (QED) is 0.589. The molecule has 1 amide bonds. The number of benzene rings is 3. The van der Waals surface area contributed by atoms with Crippen LogP contribution >= 0.6 is 0 Å². The van der Waals surface area contributed by atoms with Gasteiger partial charge < -0.3 is 19.8 Å². The summed E-state index contributed by atoms with van der Waals surface area (Å²) in [5, 5.41) is 19.5. The van der Waals surface area contributed by atoms with Gasteiger partial charge in [0.1, 0.15) is 18.2 Å². The van der Waals surface area contributed by atoms with Crippen LogP contribution in [0.25, 0.3) is 0 Å². The number of hydrogen-bond acceptors (Lipinski definition) is 4. The molecule has 1 aliphatic rings. The van der Waals surface area contributed by atoms with Crippen molar-refractivity contribution in [2.45, 2.75) is 18.8 Å². The number of anilines is 1. The first kappa shape index (κ1) is 20.1. The van der Waals surface area contributed by atoms with Crippen LogP contribution < -0.4 is 9.64 Å². The van der Waals surface area contributed by atoms with E-state index in [1.807, 2.05) is 54.6 Å². The zero-order valence-corrected chi connectivity index (χ0v) is 16.2. The molecule has 1 aliphatic heterocycles. The average molecular weight is 407 g/mol. The van der Waals surface area contributed by atoms with Gasteiger partial charge in [0.15, 0.2) is 0 Å². The van der Waals surface area contributed by atoms with Gasteiger partial charge in [-0.15, -0.1) is 0 Å². The third-order valence-corrected chi connectivity index (χ3v) is 5.32. The Morgan fingerprint density at radius 2 is 1.63 bits per heavy atom. The van der Waals surface area contributed by atoms with E-state index in [0.717, 1.165) is 11.1 Å². The van der Waals surface area contributed by atoms with Crippen LogP contribution in [0, 0.1) is 11.7 Å². The zero-order chi connectivity index (χ0) is 21.1. The minimum Gasteiger partial charge on any atom is -0.489 e. The van der Waals surface area contributed by atoms with Crippen LogP contribution in [0.5, 0.6) is 5.75 Å². The first-order valence-electron chi connectivity index (χ1n) is 9.72. The summed E-state index contributed by atoms with van der Waals surface area (Å²) < 4.78 is 19.1. The van der Waals surface area contributed by atoms with E-state index in [0.29, 0.717) is 18.0 Å². The molecule has 0 aromatic heterocycles. The highest BCUT2D eigenvalue weighted by Crippen LogP contribution is 2.45. The van der Waals surface area contributed by atoms with Gasteiger partial charge in [0.05, 0.1) is 24.7 Å². The van der Waals surface area contributed by atoms with E-state index in [1.165, 1.54) is 29.2 Å². The SMILES string of the molecule is O=C1[C@@H]([C@@H](O)CO)[C@@H](c2ccc(OCc3ccccc3)cc2)N1c1ccc(F)cc1. The molecule has 0 spiro atoms. The van der Waals surface area contributed by atoms with Gasteiger partial charge in [0, 0.05) is 5.69 Å². The van der Waals surface area contributed by atoms with E-state index < -0.39 is 30.5 Å². The first-order valence-corrected chi connectivity index (χ1v) is 9.72. The van der Waals surface area contributed by atoms with Crippen molar-refractivity contribution in [1.82, 2.24) is 0 Å². The van der Waals surface area contributed by atoms with E-state index in [2.05, 4.69) is 0 Å². The molecule has 1 saturated heterocycles. The lowest BCUT2D eigenvalue weighted by molar-refractivity contribution is -0.137.